The summed E-state index contributed by atoms with van der Waals surface area (Å²) < 4.78 is 31.8. The Bertz CT molecular complexity index is 466. The molecule has 106 valence electrons. The summed E-state index contributed by atoms with van der Waals surface area (Å²) in [6.45, 7) is 3.09. The van der Waals surface area contributed by atoms with Crippen molar-refractivity contribution in [3.8, 4) is 0 Å². The highest BCUT2D eigenvalue weighted by Crippen LogP contribution is 2.35. The predicted molar refractivity (Wildman–Crippen MR) is 70.0 cm³/mol. The fourth-order valence-corrected chi connectivity index (χ4v) is 1.94. The molecule has 0 aromatic heterocycles. The fraction of sp³-hybridized carbons (Fsp3) is 0.462. The first-order valence-corrected chi connectivity index (χ1v) is 5.81. The SMILES string of the molecule is CC(C)c1cccc([C@H]2NC(=O)OCC2(F)F)c1.Cl. The van der Waals surface area contributed by atoms with Gasteiger partial charge in [-0.1, -0.05) is 38.1 Å². The molecule has 1 N–H and O–H groups in total. The highest BCUT2D eigenvalue weighted by atomic mass is 35.5. The average Bonchev–Trinajstić information content (AvgIpc) is 2.32. The monoisotopic (exact) mass is 291 g/mol. The summed E-state index contributed by atoms with van der Waals surface area (Å²) in [5.74, 6) is -2.85. The molecular weight excluding hydrogens is 276 g/mol. The summed E-state index contributed by atoms with van der Waals surface area (Å²) in [7, 11) is 0. The van der Waals surface area contributed by atoms with Crippen LogP contribution in [0.5, 0.6) is 0 Å². The molecule has 0 radical (unpaired) electrons. The van der Waals surface area contributed by atoms with Gasteiger partial charge in [0.1, 0.15) is 6.04 Å². The van der Waals surface area contributed by atoms with E-state index >= 15 is 0 Å². The van der Waals surface area contributed by atoms with E-state index in [0.29, 0.717) is 5.56 Å². The zero-order chi connectivity index (χ0) is 13.3. The van der Waals surface area contributed by atoms with E-state index in [1.165, 1.54) is 0 Å². The van der Waals surface area contributed by atoms with Crippen LogP contribution in [0, 0.1) is 0 Å². The van der Waals surface area contributed by atoms with E-state index in [1.807, 2.05) is 19.9 Å². The minimum Gasteiger partial charge on any atom is -0.443 e. The van der Waals surface area contributed by atoms with Crippen LogP contribution in [0.4, 0.5) is 13.6 Å². The lowest BCUT2D eigenvalue weighted by Gasteiger charge is -2.32. The molecule has 0 bridgehead atoms. The summed E-state index contributed by atoms with van der Waals surface area (Å²) in [6, 6.07) is 5.58. The maximum atomic E-state index is 13.7. The van der Waals surface area contributed by atoms with E-state index in [2.05, 4.69) is 10.1 Å². The number of halogens is 3. The number of ether oxygens (including phenoxy) is 1. The van der Waals surface area contributed by atoms with Gasteiger partial charge in [-0.2, -0.15) is 0 Å². The number of amides is 1. The molecule has 0 spiro atoms. The van der Waals surface area contributed by atoms with Crippen LogP contribution in [-0.4, -0.2) is 18.6 Å². The van der Waals surface area contributed by atoms with Gasteiger partial charge in [-0.05, 0) is 17.0 Å². The Kier molecular flexibility index (Phi) is 4.74. The first kappa shape index (κ1) is 15.7. The van der Waals surface area contributed by atoms with Gasteiger partial charge < -0.3 is 10.1 Å². The van der Waals surface area contributed by atoms with Gasteiger partial charge in [0.15, 0.2) is 6.61 Å². The van der Waals surface area contributed by atoms with Crippen LogP contribution >= 0.6 is 12.4 Å². The van der Waals surface area contributed by atoms with Crippen LogP contribution in [0.15, 0.2) is 24.3 Å². The topological polar surface area (TPSA) is 38.3 Å². The van der Waals surface area contributed by atoms with E-state index in [4.69, 9.17) is 0 Å². The van der Waals surface area contributed by atoms with E-state index in [0.717, 1.165) is 5.56 Å². The number of rotatable bonds is 2. The lowest BCUT2D eigenvalue weighted by molar-refractivity contribution is -0.104. The van der Waals surface area contributed by atoms with Gasteiger partial charge in [0.25, 0.3) is 0 Å². The third-order valence-corrected chi connectivity index (χ3v) is 2.99. The third-order valence-electron chi connectivity index (χ3n) is 2.99. The second-order valence-electron chi connectivity index (χ2n) is 4.74. The van der Waals surface area contributed by atoms with Gasteiger partial charge in [0.05, 0.1) is 0 Å². The number of benzene rings is 1. The standard InChI is InChI=1S/C13H15F2NO2.ClH/c1-8(2)9-4-3-5-10(6-9)11-13(14,15)7-18-12(17)16-11;/h3-6,8,11H,7H2,1-2H3,(H,16,17);1H/t11-;/m1./s1. The highest BCUT2D eigenvalue weighted by Gasteiger charge is 2.46. The Labute approximate surface area is 116 Å². The van der Waals surface area contributed by atoms with Crippen molar-refractivity contribution in [2.24, 2.45) is 0 Å². The van der Waals surface area contributed by atoms with Crippen LogP contribution < -0.4 is 5.32 Å². The molecule has 1 aromatic carbocycles. The second-order valence-corrected chi connectivity index (χ2v) is 4.74. The van der Waals surface area contributed by atoms with Gasteiger partial charge in [-0.25, -0.2) is 13.6 Å². The molecule has 3 nitrogen and oxygen atoms in total. The van der Waals surface area contributed by atoms with Crippen molar-refractivity contribution < 1.29 is 18.3 Å². The van der Waals surface area contributed by atoms with Crippen LogP contribution in [0.25, 0.3) is 0 Å². The van der Waals surface area contributed by atoms with Crippen LogP contribution in [0.2, 0.25) is 0 Å². The number of alkyl carbamates (subject to hydrolysis) is 1. The van der Waals surface area contributed by atoms with Crippen LogP contribution in [-0.2, 0) is 4.74 Å². The molecule has 0 saturated carbocycles. The first-order valence-electron chi connectivity index (χ1n) is 5.81. The average molecular weight is 292 g/mol. The molecule has 1 aliphatic heterocycles. The van der Waals surface area contributed by atoms with Gasteiger partial charge in [-0.15, -0.1) is 12.4 Å². The Morgan fingerprint density at radius 2 is 2.11 bits per heavy atom. The molecule has 1 saturated heterocycles. The molecule has 1 fully saturated rings. The second kappa shape index (κ2) is 5.74. The number of nitrogens with one attached hydrogen (secondary N) is 1. The van der Waals surface area contributed by atoms with Gasteiger partial charge in [0, 0.05) is 0 Å². The van der Waals surface area contributed by atoms with E-state index in [9.17, 15) is 13.6 Å². The van der Waals surface area contributed by atoms with Gasteiger partial charge in [-0.3, -0.25) is 0 Å². The summed E-state index contributed by atoms with van der Waals surface area (Å²) in [5.41, 5.74) is 1.37. The van der Waals surface area contributed by atoms with Crippen molar-refractivity contribution in [1.82, 2.24) is 5.32 Å². The predicted octanol–water partition coefficient (Wildman–Crippen LogP) is 3.65. The van der Waals surface area contributed by atoms with E-state index < -0.39 is 24.7 Å². The number of hydrogen-bond acceptors (Lipinski definition) is 2. The molecule has 1 heterocycles. The van der Waals surface area contributed by atoms with E-state index in [-0.39, 0.29) is 18.3 Å². The minimum absolute atomic E-state index is 0. The van der Waals surface area contributed by atoms with Gasteiger partial charge in [0.2, 0.25) is 0 Å². The molecule has 0 unspecified atom stereocenters. The lowest BCUT2D eigenvalue weighted by Crippen LogP contribution is -2.49. The van der Waals surface area contributed by atoms with Crippen molar-refractivity contribution in [1.29, 1.82) is 0 Å². The Morgan fingerprint density at radius 1 is 1.42 bits per heavy atom. The van der Waals surface area contributed by atoms with Crippen molar-refractivity contribution in [3.63, 3.8) is 0 Å². The fourth-order valence-electron chi connectivity index (χ4n) is 1.94. The third kappa shape index (κ3) is 3.35. The van der Waals surface area contributed by atoms with Crippen LogP contribution in [0.1, 0.15) is 36.9 Å². The molecular formula is C13H16ClF2NO2. The molecule has 1 aromatic rings. The van der Waals surface area contributed by atoms with Gasteiger partial charge >= 0.3 is 12.0 Å². The zero-order valence-corrected chi connectivity index (χ0v) is 11.5. The van der Waals surface area contributed by atoms with E-state index in [1.54, 1.807) is 18.2 Å². The number of carbonyl (C=O) groups excluding carboxylic acids is 1. The molecule has 6 heteroatoms. The first-order chi connectivity index (χ1) is 8.40. The summed E-state index contributed by atoms with van der Waals surface area (Å²) in [5, 5.41) is 2.18. The zero-order valence-electron chi connectivity index (χ0n) is 10.7. The normalized spacial score (nSPS) is 21.3. The summed E-state index contributed by atoms with van der Waals surface area (Å²) in [4.78, 5) is 11.1. The number of cyclic esters (lactones) is 1. The molecule has 1 aliphatic rings. The minimum atomic E-state index is -3.09. The number of hydrogen-bond donors (Lipinski definition) is 1. The van der Waals surface area contributed by atoms with Crippen LogP contribution in [0.3, 0.4) is 0 Å². The van der Waals surface area contributed by atoms with Crippen molar-refractivity contribution in [3.05, 3.63) is 35.4 Å². The van der Waals surface area contributed by atoms with Crippen molar-refractivity contribution in [2.75, 3.05) is 6.61 Å². The lowest BCUT2D eigenvalue weighted by atomic mass is 9.94. The highest BCUT2D eigenvalue weighted by molar-refractivity contribution is 5.85. The quantitative estimate of drug-likeness (QED) is 0.903. The van der Waals surface area contributed by atoms with Crippen molar-refractivity contribution in [2.45, 2.75) is 31.7 Å². The molecule has 1 atom stereocenters. The molecule has 2 rings (SSSR count). The Hall–Kier alpha value is -1.36. The largest absolute Gasteiger partial charge is 0.443 e. The number of alkyl halides is 2. The smallest absolute Gasteiger partial charge is 0.408 e. The summed E-state index contributed by atoms with van der Waals surface area (Å²) >= 11 is 0. The molecule has 0 aliphatic carbocycles. The molecule has 19 heavy (non-hydrogen) atoms. The number of carbonyl (C=O) groups is 1. The Morgan fingerprint density at radius 3 is 2.74 bits per heavy atom. The van der Waals surface area contributed by atoms with Crippen molar-refractivity contribution >= 4 is 18.5 Å². The maximum absolute atomic E-state index is 13.7. The molecule has 1 amide bonds. The maximum Gasteiger partial charge on any atom is 0.408 e. The Balaban J connectivity index is 0.00000180. The summed E-state index contributed by atoms with van der Waals surface area (Å²) in [6.07, 6.45) is -0.805.